The maximum absolute atomic E-state index is 13.2. The first-order chi connectivity index (χ1) is 16.9. The van der Waals surface area contributed by atoms with Gasteiger partial charge in [0.05, 0.1) is 11.6 Å². The zero-order chi connectivity index (χ0) is 24.8. The molecule has 3 N–H and O–H groups in total. The molecule has 1 heterocycles. The summed E-state index contributed by atoms with van der Waals surface area (Å²) >= 11 is 0. The summed E-state index contributed by atoms with van der Waals surface area (Å²) in [5, 5.41) is 14.1. The van der Waals surface area contributed by atoms with Crippen LogP contribution in [0.4, 0.5) is 0 Å². The van der Waals surface area contributed by atoms with Crippen molar-refractivity contribution in [3.8, 4) is 0 Å². The van der Waals surface area contributed by atoms with Crippen LogP contribution in [0.25, 0.3) is 10.8 Å². The molecule has 0 aliphatic rings. The van der Waals surface area contributed by atoms with Crippen molar-refractivity contribution in [2.75, 3.05) is 0 Å². The van der Waals surface area contributed by atoms with Gasteiger partial charge in [0.1, 0.15) is 5.69 Å². The van der Waals surface area contributed by atoms with Gasteiger partial charge in [-0.3, -0.25) is 14.4 Å². The first-order valence-corrected chi connectivity index (χ1v) is 11.2. The molecule has 0 spiro atoms. The second kappa shape index (κ2) is 10.6. The lowest BCUT2D eigenvalue weighted by Gasteiger charge is -2.18. The number of aromatic nitrogens is 2. The van der Waals surface area contributed by atoms with Crippen LogP contribution in [0.1, 0.15) is 53.0 Å². The number of carbonyl (C=O) groups excluding carboxylic acids is 2. The smallest absolute Gasteiger partial charge is 0.272 e. The van der Waals surface area contributed by atoms with Gasteiger partial charge in [0.25, 0.3) is 17.4 Å². The number of aromatic amines is 1. The highest BCUT2D eigenvalue weighted by atomic mass is 16.2. The van der Waals surface area contributed by atoms with E-state index in [0.717, 1.165) is 5.56 Å². The number of carbonyl (C=O) groups is 2. The normalized spacial score (nSPS) is 12.1. The van der Waals surface area contributed by atoms with Gasteiger partial charge in [0.15, 0.2) is 6.04 Å². The maximum Gasteiger partial charge on any atom is 0.272 e. The number of fused-ring (bicyclic) bond motifs is 1. The molecule has 2 amide bonds. The largest absolute Gasteiger partial charge is 0.335 e. The Kier molecular flexibility index (Phi) is 7.11. The Balaban J connectivity index is 1.62. The number of hydrogen-bond acceptors (Lipinski definition) is 5. The quantitative estimate of drug-likeness (QED) is 0.284. The van der Waals surface area contributed by atoms with Gasteiger partial charge < -0.3 is 5.32 Å². The van der Waals surface area contributed by atoms with Crippen molar-refractivity contribution >= 4 is 28.8 Å². The molecule has 8 nitrogen and oxygen atoms in total. The highest BCUT2D eigenvalue weighted by molar-refractivity contribution is 5.99. The van der Waals surface area contributed by atoms with E-state index in [4.69, 9.17) is 0 Å². The molecule has 0 unspecified atom stereocenters. The number of hydrogen-bond donors (Lipinski definition) is 3. The molecular weight excluding hydrogens is 442 g/mol. The Hall–Kier alpha value is -4.59. The number of benzene rings is 3. The molecule has 35 heavy (non-hydrogen) atoms. The van der Waals surface area contributed by atoms with Crippen LogP contribution in [0.2, 0.25) is 0 Å². The van der Waals surface area contributed by atoms with E-state index >= 15 is 0 Å². The Bertz CT molecular complexity index is 1430. The average Bonchev–Trinajstić information content (AvgIpc) is 2.88. The number of amides is 2. The topological polar surface area (TPSA) is 116 Å². The van der Waals surface area contributed by atoms with Gasteiger partial charge in [-0.2, -0.15) is 10.2 Å². The minimum atomic E-state index is -1.20. The van der Waals surface area contributed by atoms with Gasteiger partial charge in [-0.15, -0.1) is 0 Å². The zero-order valence-corrected chi connectivity index (χ0v) is 19.4. The number of H-pyrrole nitrogens is 1. The van der Waals surface area contributed by atoms with E-state index < -0.39 is 17.9 Å². The van der Waals surface area contributed by atoms with Gasteiger partial charge in [-0.05, 0) is 35.2 Å². The van der Waals surface area contributed by atoms with E-state index in [2.05, 4.69) is 39.9 Å². The molecule has 176 valence electrons. The van der Waals surface area contributed by atoms with Crippen LogP contribution in [0.3, 0.4) is 0 Å². The fraction of sp³-hybridized carbons (Fsp3) is 0.148. The SMILES string of the molecule is CC(C)c1ccc(C=NNC(=O)[C@H](NC(=O)c2ccccc2)c2n[nH]c(=O)c3ccccc23)cc1. The van der Waals surface area contributed by atoms with Gasteiger partial charge in [0.2, 0.25) is 0 Å². The molecule has 8 heteroatoms. The lowest BCUT2D eigenvalue weighted by atomic mass is 10.0. The predicted octanol–water partition coefficient (Wildman–Crippen LogP) is 3.67. The summed E-state index contributed by atoms with van der Waals surface area (Å²) in [6, 6.07) is 21.9. The van der Waals surface area contributed by atoms with Crippen LogP contribution in [0, 0.1) is 0 Å². The molecule has 0 saturated carbocycles. The molecule has 0 fully saturated rings. The molecular formula is C27H25N5O3. The molecule has 4 aromatic rings. The van der Waals surface area contributed by atoms with Crippen LogP contribution in [0.15, 0.2) is 88.8 Å². The third kappa shape index (κ3) is 5.50. The Morgan fingerprint density at radius 3 is 2.26 bits per heavy atom. The summed E-state index contributed by atoms with van der Waals surface area (Å²) in [5.41, 5.74) is 4.70. The van der Waals surface area contributed by atoms with Crippen molar-refractivity contribution in [1.82, 2.24) is 20.9 Å². The van der Waals surface area contributed by atoms with Crippen LogP contribution in [0.5, 0.6) is 0 Å². The van der Waals surface area contributed by atoms with E-state index in [1.807, 2.05) is 24.3 Å². The van der Waals surface area contributed by atoms with Crippen LogP contribution in [-0.2, 0) is 4.79 Å². The lowest BCUT2D eigenvalue weighted by Crippen LogP contribution is -2.40. The molecule has 0 bridgehead atoms. The molecule has 4 rings (SSSR count). The Morgan fingerprint density at radius 2 is 1.57 bits per heavy atom. The summed E-state index contributed by atoms with van der Waals surface area (Å²) in [4.78, 5) is 38.3. The minimum Gasteiger partial charge on any atom is -0.335 e. The lowest BCUT2D eigenvalue weighted by molar-refractivity contribution is -0.123. The molecule has 0 radical (unpaired) electrons. The van der Waals surface area contributed by atoms with E-state index in [0.29, 0.717) is 22.3 Å². The molecule has 0 saturated heterocycles. The fourth-order valence-corrected chi connectivity index (χ4v) is 3.62. The highest BCUT2D eigenvalue weighted by Crippen LogP contribution is 2.20. The molecule has 1 atom stereocenters. The maximum atomic E-state index is 13.2. The van der Waals surface area contributed by atoms with E-state index in [1.54, 1.807) is 54.6 Å². The Morgan fingerprint density at radius 1 is 0.914 bits per heavy atom. The second-order valence-corrected chi connectivity index (χ2v) is 8.31. The predicted molar refractivity (Wildman–Crippen MR) is 135 cm³/mol. The molecule has 3 aromatic carbocycles. The number of rotatable bonds is 7. The van der Waals surface area contributed by atoms with Crippen molar-refractivity contribution in [3.63, 3.8) is 0 Å². The van der Waals surface area contributed by atoms with Crippen LogP contribution < -0.4 is 16.3 Å². The Labute approximate surface area is 202 Å². The van der Waals surface area contributed by atoms with Gasteiger partial charge in [-0.25, -0.2) is 10.5 Å². The summed E-state index contributed by atoms with van der Waals surface area (Å²) in [6.07, 6.45) is 1.52. The number of nitrogens with one attached hydrogen (secondary N) is 3. The summed E-state index contributed by atoms with van der Waals surface area (Å²) in [6.45, 7) is 4.23. The third-order valence-electron chi connectivity index (χ3n) is 5.56. The molecule has 0 aliphatic carbocycles. The van der Waals surface area contributed by atoms with Gasteiger partial charge in [0, 0.05) is 10.9 Å². The fourth-order valence-electron chi connectivity index (χ4n) is 3.62. The van der Waals surface area contributed by atoms with E-state index in [9.17, 15) is 14.4 Å². The van der Waals surface area contributed by atoms with Crippen molar-refractivity contribution in [3.05, 3.63) is 112 Å². The number of nitrogens with zero attached hydrogens (tertiary/aromatic N) is 2. The highest BCUT2D eigenvalue weighted by Gasteiger charge is 2.27. The zero-order valence-electron chi connectivity index (χ0n) is 19.4. The van der Waals surface area contributed by atoms with Crippen LogP contribution >= 0.6 is 0 Å². The molecule has 1 aromatic heterocycles. The standard InChI is InChI=1S/C27H25N5O3/c1-17(2)19-14-12-18(13-15-19)16-28-31-27(35)24(29-25(33)20-8-4-3-5-9-20)23-21-10-6-7-11-22(21)26(34)32-30-23/h3-17,24H,1-2H3,(H,29,33)(H,31,35)(H,32,34)/t24-/m1/s1. The number of hydrazone groups is 1. The average molecular weight is 468 g/mol. The van der Waals surface area contributed by atoms with E-state index in [-0.39, 0.29) is 11.3 Å². The summed E-state index contributed by atoms with van der Waals surface area (Å²) < 4.78 is 0. The van der Waals surface area contributed by atoms with Crippen molar-refractivity contribution in [2.24, 2.45) is 5.10 Å². The second-order valence-electron chi connectivity index (χ2n) is 8.31. The third-order valence-corrected chi connectivity index (χ3v) is 5.56. The van der Waals surface area contributed by atoms with Gasteiger partial charge in [-0.1, -0.05) is 74.5 Å². The van der Waals surface area contributed by atoms with E-state index in [1.165, 1.54) is 11.8 Å². The van der Waals surface area contributed by atoms with Gasteiger partial charge >= 0.3 is 0 Å². The van der Waals surface area contributed by atoms with Crippen molar-refractivity contribution < 1.29 is 9.59 Å². The van der Waals surface area contributed by atoms with Crippen molar-refractivity contribution in [2.45, 2.75) is 25.8 Å². The van der Waals surface area contributed by atoms with Crippen LogP contribution in [-0.4, -0.2) is 28.2 Å². The monoisotopic (exact) mass is 467 g/mol. The summed E-state index contributed by atoms with van der Waals surface area (Å²) in [5.74, 6) is -0.653. The first-order valence-electron chi connectivity index (χ1n) is 11.2. The summed E-state index contributed by atoms with van der Waals surface area (Å²) in [7, 11) is 0. The molecule has 0 aliphatic heterocycles. The first kappa shape index (κ1) is 23.6. The van der Waals surface area contributed by atoms with Crippen molar-refractivity contribution in [1.29, 1.82) is 0 Å². The minimum absolute atomic E-state index is 0.207.